The van der Waals surface area contributed by atoms with Crippen molar-refractivity contribution >= 4 is 28.5 Å². The van der Waals surface area contributed by atoms with E-state index in [4.69, 9.17) is 16.6 Å². The standard InChI is InChI=1S/C26H25ClFN3O/c27-21-12-5-3-10-19(21)18-31-24-15-8-7-14-23(24)30-25(31)16-2-1-9-17-29-26(32)20-11-4-6-13-22(20)28/h3-8,10-15H,1-2,9,16-18H2,(H,29,32). The molecule has 0 unspecified atom stereocenters. The molecule has 0 spiro atoms. The number of hydrogen-bond donors (Lipinski definition) is 1. The Morgan fingerprint density at radius 2 is 1.69 bits per heavy atom. The van der Waals surface area contributed by atoms with E-state index >= 15 is 0 Å². The fraction of sp³-hybridized carbons (Fsp3) is 0.231. The fourth-order valence-electron chi connectivity index (χ4n) is 3.82. The number of nitrogens with one attached hydrogen (secondary N) is 1. The van der Waals surface area contributed by atoms with Crippen LogP contribution in [0.5, 0.6) is 0 Å². The van der Waals surface area contributed by atoms with E-state index in [0.717, 1.165) is 53.1 Å². The zero-order chi connectivity index (χ0) is 22.3. The molecule has 0 saturated heterocycles. The third-order valence-electron chi connectivity index (χ3n) is 5.50. The lowest BCUT2D eigenvalue weighted by Crippen LogP contribution is -2.25. The quantitative estimate of drug-likeness (QED) is 0.317. The van der Waals surface area contributed by atoms with E-state index in [1.54, 1.807) is 12.1 Å². The van der Waals surface area contributed by atoms with Crippen LogP contribution < -0.4 is 5.32 Å². The highest BCUT2D eigenvalue weighted by molar-refractivity contribution is 6.31. The lowest BCUT2D eigenvalue weighted by Gasteiger charge is -2.11. The van der Waals surface area contributed by atoms with Crippen LogP contribution in [0.25, 0.3) is 11.0 Å². The molecule has 0 atom stereocenters. The minimum atomic E-state index is -0.498. The number of carbonyl (C=O) groups excluding carboxylic acids is 1. The predicted molar refractivity (Wildman–Crippen MR) is 127 cm³/mol. The van der Waals surface area contributed by atoms with Gasteiger partial charge in [0.05, 0.1) is 23.1 Å². The Hall–Kier alpha value is -3.18. The third-order valence-corrected chi connectivity index (χ3v) is 5.87. The molecule has 4 aromatic rings. The van der Waals surface area contributed by atoms with Gasteiger partial charge in [0.2, 0.25) is 0 Å². The number of aryl methyl sites for hydroxylation is 1. The van der Waals surface area contributed by atoms with Crippen LogP contribution in [-0.2, 0) is 13.0 Å². The van der Waals surface area contributed by atoms with Crippen molar-refractivity contribution in [1.29, 1.82) is 0 Å². The monoisotopic (exact) mass is 449 g/mol. The van der Waals surface area contributed by atoms with Crippen LogP contribution in [0.15, 0.2) is 72.8 Å². The second kappa shape index (κ2) is 10.4. The molecule has 0 aliphatic heterocycles. The Balaban J connectivity index is 1.34. The number of para-hydroxylation sites is 2. The fourth-order valence-corrected chi connectivity index (χ4v) is 4.01. The van der Waals surface area contributed by atoms with E-state index in [1.165, 1.54) is 12.1 Å². The van der Waals surface area contributed by atoms with E-state index in [-0.39, 0.29) is 11.5 Å². The third kappa shape index (κ3) is 5.17. The van der Waals surface area contributed by atoms with Gasteiger partial charge in [-0.25, -0.2) is 9.37 Å². The molecule has 4 rings (SSSR count). The van der Waals surface area contributed by atoms with Crippen molar-refractivity contribution in [3.63, 3.8) is 0 Å². The number of amides is 1. The van der Waals surface area contributed by atoms with Gasteiger partial charge in [-0.1, -0.05) is 60.5 Å². The van der Waals surface area contributed by atoms with Crippen molar-refractivity contribution in [2.75, 3.05) is 6.54 Å². The first-order valence-corrected chi connectivity index (χ1v) is 11.2. The number of carbonyl (C=O) groups is 1. The minimum Gasteiger partial charge on any atom is -0.352 e. The van der Waals surface area contributed by atoms with E-state index < -0.39 is 5.82 Å². The molecule has 164 valence electrons. The molecule has 0 radical (unpaired) electrons. The van der Waals surface area contributed by atoms with Crippen LogP contribution in [0.4, 0.5) is 4.39 Å². The summed E-state index contributed by atoms with van der Waals surface area (Å²) < 4.78 is 15.9. The molecule has 3 aromatic carbocycles. The maximum Gasteiger partial charge on any atom is 0.254 e. The van der Waals surface area contributed by atoms with E-state index in [9.17, 15) is 9.18 Å². The van der Waals surface area contributed by atoms with Gasteiger partial charge in [0.1, 0.15) is 11.6 Å². The maximum absolute atomic E-state index is 13.7. The Morgan fingerprint density at radius 3 is 2.53 bits per heavy atom. The lowest BCUT2D eigenvalue weighted by atomic mass is 10.1. The van der Waals surface area contributed by atoms with E-state index in [0.29, 0.717) is 13.1 Å². The number of unbranched alkanes of at least 4 members (excludes halogenated alkanes) is 2. The summed E-state index contributed by atoms with van der Waals surface area (Å²) >= 11 is 6.39. The number of fused-ring (bicyclic) bond motifs is 1. The van der Waals surface area contributed by atoms with Crippen molar-refractivity contribution in [1.82, 2.24) is 14.9 Å². The normalized spacial score (nSPS) is 11.1. The molecular formula is C26H25ClFN3O. The number of hydrogen-bond acceptors (Lipinski definition) is 2. The van der Waals surface area contributed by atoms with Gasteiger partial charge in [-0.3, -0.25) is 4.79 Å². The molecule has 0 bridgehead atoms. The minimum absolute atomic E-state index is 0.0841. The zero-order valence-electron chi connectivity index (χ0n) is 17.7. The van der Waals surface area contributed by atoms with E-state index in [2.05, 4.69) is 16.0 Å². The summed E-state index contributed by atoms with van der Waals surface area (Å²) in [6, 6.07) is 22.0. The lowest BCUT2D eigenvalue weighted by molar-refractivity contribution is 0.0949. The second-order valence-electron chi connectivity index (χ2n) is 7.74. The first-order chi connectivity index (χ1) is 15.6. The summed E-state index contributed by atoms with van der Waals surface area (Å²) in [5, 5.41) is 3.55. The van der Waals surface area contributed by atoms with Gasteiger partial charge in [0.25, 0.3) is 5.91 Å². The van der Waals surface area contributed by atoms with Crippen LogP contribution in [0.3, 0.4) is 0 Å². The molecule has 4 nitrogen and oxygen atoms in total. The topological polar surface area (TPSA) is 46.9 Å². The van der Waals surface area contributed by atoms with Crippen molar-refractivity contribution in [3.05, 3.63) is 101 Å². The molecule has 1 heterocycles. The van der Waals surface area contributed by atoms with Gasteiger partial charge >= 0.3 is 0 Å². The van der Waals surface area contributed by atoms with Crippen LogP contribution in [-0.4, -0.2) is 22.0 Å². The van der Waals surface area contributed by atoms with Crippen LogP contribution >= 0.6 is 11.6 Å². The highest BCUT2D eigenvalue weighted by Gasteiger charge is 2.13. The largest absolute Gasteiger partial charge is 0.352 e. The van der Waals surface area contributed by atoms with Gasteiger partial charge in [-0.2, -0.15) is 0 Å². The molecule has 0 fully saturated rings. The molecule has 6 heteroatoms. The summed E-state index contributed by atoms with van der Waals surface area (Å²) in [6.07, 6.45) is 3.54. The average molecular weight is 450 g/mol. The SMILES string of the molecule is O=C(NCCCCCc1nc2ccccc2n1Cc1ccccc1Cl)c1ccccc1F. The van der Waals surface area contributed by atoms with Crippen LogP contribution in [0, 0.1) is 5.82 Å². The van der Waals surface area contributed by atoms with Gasteiger partial charge in [-0.05, 0) is 48.7 Å². The Labute approximate surface area is 192 Å². The molecule has 1 aromatic heterocycles. The molecule has 0 aliphatic carbocycles. The highest BCUT2D eigenvalue weighted by atomic mass is 35.5. The number of nitrogens with zero attached hydrogens (tertiary/aromatic N) is 2. The summed E-state index contributed by atoms with van der Waals surface area (Å²) in [5.41, 5.74) is 3.22. The van der Waals surface area contributed by atoms with Crippen molar-refractivity contribution in [3.8, 4) is 0 Å². The zero-order valence-corrected chi connectivity index (χ0v) is 18.5. The molecular weight excluding hydrogens is 425 g/mol. The Bertz CT molecular complexity index is 1220. The second-order valence-corrected chi connectivity index (χ2v) is 8.15. The number of imidazole rings is 1. The number of rotatable bonds is 9. The van der Waals surface area contributed by atoms with Crippen LogP contribution in [0.1, 0.15) is 41.0 Å². The molecule has 1 amide bonds. The first-order valence-electron chi connectivity index (χ1n) is 10.8. The summed E-state index contributed by atoms with van der Waals surface area (Å²) in [4.78, 5) is 16.9. The summed E-state index contributed by atoms with van der Waals surface area (Å²) in [5.74, 6) is 0.161. The van der Waals surface area contributed by atoms with E-state index in [1.807, 2.05) is 42.5 Å². The van der Waals surface area contributed by atoms with Gasteiger partial charge in [-0.15, -0.1) is 0 Å². The predicted octanol–water partition coefficient (Wildman–Crippen LogP) is 6.02. The molecule has 0 aliphatic rings. The van der Waals surface area contributed by atoms with Gasteiger partial charge in [0.15, 0.2) is 0 Å². The highest BCUT2D eigenvalue weighted by Crippen LogP contribution is 2.22. The number of halogens is 2. The number of benzene rings is 3. The van der Waals surface area contributed by atoms with Crippen molar-refractivity contribution < 1.29 is 9.18 Å². The summed E-state index contributed by atoms with van der Waals surface area (Å²) in [7, 11) is 0. The Kier molecular flexibility index (Phi) is 7.17. The first kappa shape index (κ1) is 22.0. The molecule has 1 N–H and O–H groups in total. The smallest absolute Gasteiger partial charge is 0.254 e. The maximum atomic E-state index is 13.7. The summed E-state index contributed by atoms with van der Waals surface area (Å²) in [6.45, 7) is 1.19. The average Bonchev–Trinajstić information content (AvgIpc) is 3.15. The van der Waals surface area contributed by atoms with Crippen LogP contribution in [0.2, 0.25) is 5.02 Å². The van der Waals surface area contributed by atoms with Crippen molar-refractivity contribution in [2.24, 2.45) is 0 Å². The molecule has 0 saturated carbocycles. The van der Waals surface area contributed by atoms with Gasteiger partial charge in [0, 0.05) is 18.0 Å². The number of aromatic nitrogens is 2. The molecule has 32 heavy (non-hydrogen) atoms. The van der Waals surface area contributed by atoms with Crippen molar-refractivity contribution in [2.45, 2.75) is 32.2 Å². The van der Waals surface area contributed by atoms with Gasteiger partial charge < -0.3 is 9.88 Å². The Morgan fingerprint density at radius 1 is 0.938 bits per heavy atom.